The third-order valence-corrected chi connectivity index (χ3v) is 5.43. The summed E-state index contributed by atoms with van der Waals surface area (Å²) in [7, 11) is 0. The van der Waals surface area contributed by atoms with Crippen molar-refractivity contribution in [3.8, 4) is 0 Å². The average Bonchev–Trinajstić information content (AvgIpc) is 2.47. The zero-order valence-corrected chi connectivity index (χ0v) is 13.8. The summed E-state index contributed by atoms with van der Waals surface area (Å²) in [5.41, 5.74) is 6.37. The van der Waals surface area contributed by atoms with Gasteiger partial charge < -0.3 is 11.1 Å². The standard InChI is InChI=1S/C17H26N2OS/c1-12(2)13-7-9-14(10-8-13)19-15-5-3-4-6-16(15)21-11-17(18)20/h3-6,12-14,19H,7-11H2,1-2H3,(H2,18,20). The van der Waals surface area contributed by atoms with E-state index in [2.05, 4.69) is 31.3 Å². The van der Waals surface area contributed by atoms with Gasteiger partial charge in [-0.2, -0.15) is 0 Å². The molecule has 3 N–H and O–H groups in total. The van der Waals surface area contributed by atoms with Crippen LogP contribution in [0.5, 0.6) is 0 Å². The monoisotopic (exact) mass is 306 g/mol. The Morgan fingerprint density at radius 1 is 1.29 bits per heavy atom. The lowest BCUT2D eigenvalue weighted by molar-refractivity contribution is -0.115. The van der Waals surface area contributed by atoms with E-state index in [0.29, 0.717) is 11.8 Å². The lowest BCUT2D eigenvalue weighted by Gasteiger charge is -2.32. The smallest absolute Gasteiger partial charge is 0.227 e. The highest BCUT2D eigenvalue weighted by atomic mass is 32.2. The molecule has 0 spiro atoms. The molecule has 1 fully saturated rings. The molecule has 3 nitrogen and oxygen atoms in total. The molecule has 1 amide bonds. The van der Waals surface area contributed by atoms with E-state index in [1.807, 2.05) is 12.1 Å². The van der Waals surface area contributed by atoms with Crippen molar-refractivity contribution in [2.45, 2.75) is 50.5 Å². The second-order valence-corrected chi connectivity index (χ2v) is 7.27. The van der Waals surface area contributed by atoms with Gasteiger partial charge in [0.2, 0.25) is 5.91 Å². The van der Waals surface area contributed by atoms with Crippen LogP contribution in [0.1, 0.15) is 39.5 Å². The van der Waals surface area contributed by atoms with Crippen LogP contribution in [0.25, 0.3) is 0 Å². The fraction of sp³-hybridized carbons (Fsp3) is 0.588. The first-order valence-corrected chi connectivity index (χ1v) is 8.81. The number of carbonyl (C=O) groups excluding carboxylic acids is 1. The Hall–Kier alpha value is -1.16. The minimum atomic E-state index is -0.271. The third kappa shape index (κ3) is 4.95. The summed E-state index contributed by atoms with van der Waals surface area (Å²) < 4.78 is 0. The first-order valence-electron chi connectivity index (χ1n) is 7.83. The van der Waals surface area contributed by atoms with Gasteiger partial charge in [-0.3, -0.25) is 4.79 Å². The van der Waals surface area contributed by atoms with Gasteiger partial charge in [-0.15, -0.1) is 11.8 Å². The number of nitrogens with one attached hydrogen (secondary N) is 1. The number of carbonyl (C=O) groups is 1. The molecule has 1 aromatic carbocycles. The van der Waals surface area contributed by atoms with Crippen LogP contribution in [-0.4, -0.2) is 17.7 Å². The van der Waals surface area contributed by atoms with Gasteiger partial charge in [0.05, 0.1) is 5.75 Å². The van der Waals surface area contributed by atoms with Crippen LogP contribution in [0, 0.1) is 11.8 Å². The Kier molecular flexibility index (Phi) is 5.97. The van der Waals surface area contributed by atoms with Crippen LogP contribution < -0.4 is 11.1 Å². The average molecular weight is 306 g/mol. The fourth-order valence-corrected chi connectivity index (χ4v) is 3.77. The van der Waals surface area contributed by atoms with E-state index < -0.39 is 0 Å². The van der Waals surface area contributed by atoms with Crippen LogP contribution in [0.2, 0.25) is 0 Å². The van der Waals surface area contributed by atoms with E-state index >= 15 is 0 Å². The maximum absolute atomic E-state index is 11.0. The first kappa shape index (κ1) is 16.2. The number of amides is 1. The normalized spacial score (nSPS) is 22.2. The van der Waals surface area contributed by atoms with Crippen molar-refractivity contribution in [1.82, 2.24) is 0 Å². The largest absolute Gasteiger partial charge is 0.381 e. The Morgan fingerprint density at radius 2 is 1.95 bits per heavy atom. The molecule has 0 saturated heterocycles. The van der Waals surface area contributed by atoms with E-state index in [-0.39, 0.29) is 5.91 Å². The van der Waals surface area contributed by atoms with Gasteiger partial charge in [0.1, 0.15) is 0 Å². The molecule has 1 saturated carbocycles. The highest BCUT2D eigenvalue weighted by Gasteiger charge is 2.23. The summed E-state index contributed by atoms with van der Waals surface area (Å²) in [4.78, 5) is 12.1. The van der Waals surface area contributed by atoms with Crippen LogP contribution in [0.15, 0.2) is 29.2 Å². The van der Waals surface area contributed by atoms with Crippen molar-refractivity contribution >= 4 is 23.4 Å². The number of anilines is 1. The number of nitrogens with two attached hydrogens (primary N) is 1. The summed E-state index contributed by atoms with van der Waals surface area (Å²) >= 11 is 1.51. The van der Waals surface area contributed by atoms with Gasteiger partial charge in [-0.1, -0.05) is 26.0 Å². The predicted octanol–water partition coefficient (Wildman–Crippen LogP) is 3.89. The number of thioether (sulfide) groups is 1. The highest BCUT2D eigenvalue weighted by molar-refractivity contribution is 8.00. The summed E-state index contributed by atoms with van der Waals surface area (Å²) in [6.07, 6.45) is 5.09. The van der Waals surface area contributed by atoms with E-state index in [1.165, 1.54) is 37.4 Å². The van der Waals surface area contributed by atoms with Crippen molar-refractivity contribution in [3.63, 3.8) is 0 Å². The number of hydrogen-bond acceptors (Lipinski definition) is 3. The van der Waals surface area contributed by atoms with Gasteiger partial charge in [-0.25, -0.2) is 0 Å². The first-order chi connectivity index (χ1) is 10.1. The topological polar surface area (TPSA) is 55.1 Å². The second-order valence-electron chi connectivity index (χ2n) is 6.25. The van der Waals surface area contributed by atoms with Gasteiger partial charge in [-0.05, 0) is 49.7 Å². The predicted molar refractivity (Wildman–Crippen MR) is 90.6 cm³/mol. The Morgan fingerprint density at radius 3 is 2.57 bits per heavy atom. The van der Waals surface area contributed by atoms with Gasteiger partial charge in [0, 0.05) is 16.6 Å². The van der Waals surface area contributed by atoms with Crippen LogP contribution >= 0.6 is 11.8 Å². The van der Waals surface area contributed by atoms with Gasteiger partial charge in [0.15, 0.2) is 0 Å². The van der Waals surface area contributed by atoms with Gasteiger partial charge in [0.25, 0.3) is 0 Å². The summed E-state index contributed by atoms with van der Waals surface area (Å²) in [6.45, 7) is 4.66. The van der Waals surface area contributed by atoms with E-state index in [4.69, 9.17) is 5.73 Å². The Balaban J connectivity index is 1.92. The highest BCUT2D eigenvalue weighted by Crippen LogP contribution is 2.33. The van der Waals surface area contributed by atoms with E-state index in [1.54, 1.807) is 0 Å². The third-order valence-electron chi connectivity index (χ3n) is 4.33. The molecule has 0 aromatic heterocycles. The maximum Gasteiger partial charge on any atom is 0.227 e. The molecular formula is C17H26N2OS. The lowest BCUT2D eigenvalue weighted by atomic mass is 9.79. The zero-order chi connectivity index (χ0) is 15.2. The number of benzene rings is 1. The molecule has 0 radical (unpaired) electrons. The molecular weight excluding hydrogens is 280 g/mol. The zero-order valence-electron chi connectivity index (χ0n) is 13.0. The minimum Gasteiger partial charge on any atom is -0.381 e. The number of primary amides is 1. The quantitative estimate of drug-likeness (QED) is 0.784. The fourth-order valence-electron chi connectivity index (χ4n) is 3.01. The molecule has 0 unspecified atom stereocenters. The van der Waals surface area contributed by atoms with E-state index in [0.717, 1.165) is 22.4 Å². The maximum atomic E-state index is 11.0. The Labute approximate surface area is 132 Å². The molecule has 0 atom stereocenters. The SMILES string of the molecule is CC(C)C1CCC(Nc2ccccc2SCC(N)=O)CC1. The van der Waals surface area contributed by atoms with Crippen molar-refractivity contribution in [2.75, 3.05) is 11.1 Å². The summed E-state index contributed by atoms with van der Waals surface area (Å²) in [5.74, 6) is 1.73. The van der Waals surface area contributed by atoms with Crippen molar-refractivity contribution < 1.29 is 4.79 Å². The second kappa shape index (κ2) is 7.74. The van der Waals surface area contributed by atoms with Crippen molar-refractivity contribution in [1.29, 1.82) is 0 Å². The molecule has 116 valence electrons. The molecule has 0 bridgehead atoms. The van der Waals surface area contributed by atoms with Crippen LogP contribution in [0.3, 0.4) is 0 Å². The molecule has 21 heavy (non-hydrogen) atoms. The molecule has 2 rings (SSSR count). The van der Waals surface area contributed by atoms with E-state index in [9.17, 15) is 4.79 Å². The van der Waals surface area contributed by atoms with Crippen LogP contribution in [-0.2, 0) is 4.79 Å². The number of rotatable bonds is 6. The molecule has 1 aromatic rings. The minimum absolute atomic E-state index is 0.271. The molecule has 1 aliphatic rings. The Bertz CT molecular complexity index is 468. The van der Waals surface area contributed by atoms with Crippen molar-refractivity contribution in [2.24, 2.45) is 17.6 Å². The molecule has 1 aliphatic carbocycles. The molecule has 0 aliphatic heterocycles. The summed E-state index contributed by atoms with van der Waals surface area (Å²) in [5, 5.41) is 3.66. The molecule has 4 heteroatoms. The van der Waals surface area contributed by atoms with Crippen LogP contribution in [0.4, 0.5) is 5.69 Å². The summed E-state index contributed by atoms with van der Waals surface area (Å²) in [6, 6.07) is 8.74. The molecule has 0 heterocycles. The number of para-hydroxylation sites is 1. The lowest BCUT2D eigenvalue weighted by Crippen LogP contribution is -2.28. The number of hydrogen-bond donors (Lipinski definition) is 2. The van der Waals surface area contributed by atoms with Gasteiger partial charge >= 0.3 is 0 Å². The van der Waals surface area contributed by atoms with Crippen molar-refractivity contribution in [3.05, 3.63) is 24.3 Å².